The van der Waals surface area contributed by atoms with Gasteiger partial charge >= 0.3 is 0 Å². The van der Waals surface area contributed by atoms with Gasteiger partial charge in [0.05, 0.1) is 16.3 Å². The van der Waals surface area contributed by atoms with Crippen LogP contribution in [0.2, 0.25) is 0 Å². The summed E-state index contributed by atoms with van der Waals surface area (Å²) >= 11 is 1.64. The van der Waals surface area contributed by atoms with Gasteiger partial charge in [-0.15, -0.1) is 11.3 Å². The third kappa shape index (κ3) is 3.24. The van der Waals surface area contributed by atoms with Crippen LogP contribution in [0.25, 0.3) is 33.3 Å². The van der Waals surface area contributed by atoms with Crippen LogP contribution < -0.4 is 0 Å². The van der Waals surface area contributed by atoms with E-state index in [0.29, 0.717) is 5.76 Å². The van der Waals surface area contributed by atoms with Crippen LogP contribution in [-0.2, 0) is 0 Å². The molecule has 6 heteroatoms. The second-order valence-corrected chi connectivity index (χ2v) is 6.95. The molecule has 0 radical (unpaired) electrons. The second-order valence-electron chi connectivity index (χ2n) is 6.00. The molecule has 0 saturated heterocycles. The minimum atomic E-state index is -0.272. The van der Waals surface area contributed by atoms with E-state index in [1.165, 1.54) is 0 Å². The summed E-state index contributed by atoms with van der Waals surface area (Å²) in [6.45, 7) is 0. The number of furan rings is 1. The summed E-state index contributed by atoms with van der Waals surface area (Å²) in [4.78, 5) is 1.11. The van der Waals surface area contributed by atoms with Crippen LogP contribution in [-0.4, -0.2) is 4.57 Å². The van der Waals surface area contributed by atoms with Gasteiger partial charge in [-0.1, -0.05) is 24.3 Å². The zero-order valence-electron chi connectivity index (χ0n) is 15.0. The molecule has 4 rings (SSSR count). The van der Waals surface area contributed by atoms with Gasteiger partial charge in [-0.3, -0.25) is 0 Å². The second kappa shape index (κ2) is 7.74. The molecule has 3 aromatic heterocycles. The van der Waals surface area contributed by atoms with E-state index in [0.717, 1.165) is 22.0 Å². The molecule has 0 unspecified atom stereocenters. The number of thiophene rings is 1. The molecule has 0 aliphatic rings. The van der Waals surface area contributed by atoms with Crippen LogP contribution in [0.4, 0.5) is 0 Å². The van der Waals surface area contributed by atoms with Crippen molar-refractivity contribution in [3.8, 4) is 45.9 Å². The largest absolute Gasteiger partial charge is 0.454 e. The van der Waals surface area contributed by atoms with Crippen molar-refractivity contribution in [2.45, 2.75) is 0 Å². The number of allylic oxidation sites excluding steroid dienone is 2. The van der Waals surface area contributed by atoms with Crippen LogP contribution in [0.15, 0.2) is 82.1 Å². The number of hydrogen-bond acceptors (Lipinski definition) is 5. The maximum Gasteiger partial charge on any atom is 0.151 e. The van der Waals surface area contributed by atoms with Crippen molar-refractivity contribution in [2.75, 3.05) is 0 Å². The highest BCUT2D eigenvalue weighted by atomic mass is 32.1. The van der Waals surface area contributed by atoms with Gasteiger partial charge in [0.15, 0.2) is 11.3 Å². The fraction of sp³-hybridized carbons (Fsp3) is 0. The van der Waals surface area contributed by atoms with E-state index >= 15 is 0 Å². The Morgan fingerprint density at radius 3 is 2.21 bits per heavy atom. The molecular formula is C23H12N4OS. The van der Waals surface area contributed by atoms with Crippen LogP contribution in [0.1, 0.15) is 5.76 Å². The van der Waals surface area contributed by atoms with Crippen molar-refractivity contribution in [1.29, 1.82) is 15.8 Å². The van der Waals surface area contributed by atoms with Gasteiger partial charge in [0.25, 0.3) is 0 Å². The number of aromatic nitrogens is 1. The van der Waals surface area contributed by atoms with Crippen molar-refractivity contribution < 1.29 is 4.42 Å². The highest BCUT2D eigenvalue weighted by molar-refractivity contribution is 7.13. The molecule has 0 aliphatic carbocycles. The van der Waals surface area contributed by atoms with Crippen molar-refractivity contribution in [1.82, 2.24) is 4.57 Å². The lowest BCUT2D eigenvalue weighted by Crippen LogP contribution is -1.97. The summed E-state index contributed by atoms with van der Waals surface area (Å²) in [5, 5.41) is 29.6. The first kappa shape index (κ1) is 18.1. The van der Waals surface area contributed by atoms with Crippen LogP contribution in [0, 0.1) is 34.0 Å². The van der Waals surface area contributed by atoms with Gasteiger partial charge in [-0.2, -0.15) is 15.8 Å². The fourth-order valence-corrected chi connectivity index (χ4v) is 3.82. The van der Waals surface area contributed by atoms with Gasteiger partial charge in [-0.25, -0.2) is 0 Å². The first-order chi connectivity index (χ1) is 14.3. The molecule has 1 aromatic carbocycles. The molecular weight excluding hydrogens is 380 g/mol. The minimum Gasteiger partial charge on any atom is -0.454 e. The molecule has 0 aliphatic heterocycles. The summed E-state index contributed by atoms with van der Waals surface area (Å²) < 4.78 is 7.98. The molecule has 4 aromatic rings. The highest BCUT2D eigenvalue weighted by Gasteiger charge is 2.19. The first-order valence-corrected chi connectivity index (χ1v) is 9.51. The van der Waals surface area contributed by atoms with Crippen LogP contribution >= 0.6 is 11.3 Å². The van der Waals surface area contributed by atoms with E-state index in [2.05, 4.69) is 10.6 Å². The molecule has 0 fully saturated rings. The summed E-state index contributed by atoms with van der Waals surface area (Å²) in [5.41, 5.74) is 2.45. The number of nitrogens with zero attached hydrogens (tertiary/aromatic N) is 4. The van der Waals surface area contributed by atoms with Crippen molar-refractivity contribution >= 4 is 16.9 Å². The number of hydrogen-bond donors (Lipinski definition) is 0. The molecule has 3 heterocycles. The third-order valence-corrected chi connectivity index (χ3v) is 5.25. The summed E-state index contributed by atoms with van der Waals surface area (Å²) in [6, 6.07) is 26.7. The third-order valence-electron chi connectivity index (χ3n) is 4.36. The number of benzene rings is 1. The van der Waals surface area contributed by atoms with Gasteiger partial charge < -0.3 is 8.98 Å². The van der Waals surface area contributed by atoms with Crippen molar-refractivity contribution in [3.63, 3.8) is 0 Å². The van der Waals surface area contributed by atoms with E-state index in [9.17, 15) is 5.26 Å². The van der Waals surface area contributed by atoms with E-state index in [1.54, 1.807) is 35.6 Å². The fourth-order valence-electron chi connectivity index (χ4n) is 3.08. The molecule has 0 bridgehead atoms. The van der Waals surface area contributed by atoms with Gasteiger partial charge in [0.2, 0.25) is 0 Å². The zero-order valence-corrected chi connectivity index (χ0v) is 15.9. The van der Waals surface area contributed by atoms with E-state index in [4.69, 9.17) is 14.9 Å². The molecule has 136 valence electrons. The molecule has 0 atom stereocenters. The SMILES string of the molecule is N#CC(C#N)=C(C#N)c1ccc(-c2ccc(-c3cccs3)n2-c2ccccc2)o1. The predicted molar refractivity (Wildman–Crippen MR) is 111 cm³/mol. The average Bonchev–Trinajstić information content (AvgIpc) is 3.52. The van der Waals surface area contributed by atoms with Gasteiger partial charge in [0.1, 0.15) is 29.5 Å². The Labute approximate surface area is 171 Å². The smallest absolute Gasteiger partial charge is 0.151 e. The van der Waals surface area contributed by atoms with Crippen molar-refractivity contribution in [2.24, 2.45) is 0 Å². The lowest BCUT2D eigenvalue weighted by Gasteiger charge is -2.12. The quantitative estimate of drug-likeness (QED) is 0.411. The van der Waals surface area contributed by atoms with E-state index in [-0.39, 0.29) is 16.9 Å². The van der Waals surface area contributed by atoms with E-state index in [1.807, 2.05) is 60.0 Å². The van der Waals surface area contributed by atoms with E-state index < -0.39 is 0 Å². The Morgan fingerprint density at radius 1 is 0.793 bits per heavy atom. The average molecular weight is 392 g/mol. The summed E-state index contributed by atoms with van der Waals surface area (Å²) in [7, 11) is 0. The Hall–Kier alpha value is -4.31. The number of rotatable bonds is 4. The van der Waals surface area contributed by atoms with Gasteiger partial charge in [-0.05, 0) is 47.8 Å². The Balaban J connectivity index is 1.89. The lowest BCUT2D eigenvalue weighted by molar-refractivity contribution is 0.565. The molecule has 5 nitrogen and oxygen atoms in total. The molecule has 0 spiro atoms. The van der Waals surface area contributed by atoms with Crippen LogP contribution in [0.5, 0.6) is 0 Å². The topological polar surface area (TPSA) is 89.4 Å². The predicted octanol–water partition coefficient (Wildman–Crippen LogP) is 5.79. The summed E-state index contributed by atoms with van der Waals surface area (Å²) in [5.74, 6) is 0.730. The Bertz CT molecular complexity index is 1300. The summed E-state index contributed by atoms with van der Waals surface area (Å²) in [6.07, 6.45) is 0. The minimum absolute atomic E-state index is 0.0717. The Kier molecular flexibility index (Phi) is 4.82. The van der Waals surface area contributed by atoms with Gasteiger partial charge in [0, 0.05) is 5.69 Å². The normalized spacial score (nSPS) is 9.97. The first-order valence-electron chi connectivity index (χ1n) is 8.63. The monoisotopic (exact) mass is 392 g/mol. The maximum atomic E-state index is 9.38. The number of nitriles is 3. The number of para-hydroxylation sites is 1. The molecule has 29 heavy (non-hydrogen) atoms. The standard InChI is InChI=1S/C23H12N4OS/c24-13-16(14-25)18(15-26)21-10-11-22(28-21)19-8-9-20(23-7-4-12-29-23)27(19)17-5-2-1-3-6-17/h1-12H. The van der Waals surface area contributed by atoms with Crippen molar-refractivity contribution in [3.05, 3.63) is 83.4 Å². The highest BCUT2D eigenvalue weighted by Crippen LogP contribution is 2.36. The zero-order chi connectivity index (χ0) is 20.2. The van der Waals surface area contributed by atoms with Crippen LogP contribution in [0.3, 0.4) is 0 Å². The molecule has 0 saturated carbocycles. The molecule has 0 amide bonds. The lowest BCUT2D eigenvalue weighted by atomic mass is 10.1. The Morgan fingerprint density at radius 2 is 1.55 bits per heavy atom. The molecule has 0 N–H and O–H groups in total. The maximum absolute atomic E-state index is 9.38.